The zero-order valence-electron chi connectivity index (χ0n) is 13.4. The molecule has 0 spiro atoms. The summed E-state index contributed by atoms with van der Waals surface area (Å²) in [5, 5.41) is 20.9. The number of halogens is 1. The summed E-state index contributed by atoms with van der Waals surface area (Å²) in [6.07, 6.45) is 2.13. The Labute approximate surface area is 145 Å². The van der Waals surface area contributed by atoms with Crippen LogP contribution in [0.1, 0.15) is 43.5 Å². The van der Waals surface area contributed by atoms with Crippen LogP contribution in [0.15, 0.2) is 30.3 Å². The van der Waals surface area contributed by atoms with Gasteiger partial charge in [-0.2, -0.15) is 5.10 Å². The third-order valence-corrected chi connectivity index (χ3v) is 4.54. The van der Waals surface area contributed by atoms with Crippen molar-refractivity contribution in [1.29, 1.82) is 0 Å². The zero-order chi connectivity index (χ0) is 17.2. The Balaban J connectivity index is 1.77. The minimum atomic E-state index is -1.67. The maximum absolute atomic E-state index is 12.6. The molecular weight excluding hydrogens is 330 g/mol. The molecule has 0 aliphatic carbocycles. The van der Waals surface area contributed by atoms with Crippen LogP contribution in [0.25, 0.3) is 0 Å². The summed E-state index contributed by atoms with van der Waals surface area (Å²) < 4.78 is 5.58. The number of aromatic nitrogens is 2. The molecule has 3 N–H and O–H groups in total. The van der Waals surface area contributed by atoms with Gasteiger partial charge in [-0.25, -0.2) is 0 Å². The van der Waals surface area contributed by atoms with E-state index in [0.29, 0.717) is 16.4 Å². The second-order valence-corrected chi connectivity index (χ2v) is 6.32. The molecule has 128 valence electrons. The first-order chi connectivity index (χ1) is 11.5. The summed E-state index contributed by atoms with van der Waals surface area (Å²) in [6, 6.07) is 8.41. The molecule has 1 aliphatic heterocycles. The molecule has 0 unspecified atom stereocenters. The van der Waals surface area contributed by atoms with Crippen LogP contribution in [0.3, 0.4) is 0 Å². The zero-order valence-corrected chi connectivity index (χ0v) is 14.1. The molecule has 1 aliphatic rings. The number of hydrogen-bond acceptors (Lipinski definition) is 4. The number of carbonyl (C=O) groups is 1. The molecule has 2 atom stereocenters. The summed E-state index contributed by atoms with van der Waals surface area (Å²) in [5.41, 5.74) is -0.399. The van der Waals surface area contributed by atoms with E-state index < -0.39 is 11.5 Å². The summed E-state index contributed by atoms with van der Waals surface area (Å²) >= 11 is 5.97. The van der Waals surface area contributed by atoms with Gasteiger partial charge in [-0.05, 0) is 37.0 Å². The third-order valence-electron chi connectivity index (χ3n) is 4.31. The molecule has 1 fully saturated rings. The number of carbonyl (C=O) groups excluding carboxylic acids is 1. The first-order valence-corrected chi connectivity index (χ1v) is 8.37. The largest absolute Gasteiger partial charge is 0.375 e. The lowest BCUT2D eigenvalue weighted by Gasteiger charge is -2.25. The van der Waals surface area contributed by atoms with E-state index in [1.807, 2.05) is 0 Å². The maximum Gasteiger partial charge on any atom is 0.262 e. The molecule has 24 heavy (non-hydrogen) atoms. The molecule has 7 heteroatoms. The summed E-state index contributed by atoms with van der Waals surface area (Å²) in [5.74, 6) is -0.183. The maximum atomic E-state index is 12.6. The third kappa shape index (κ3) is 3.31. The average Bonchev–Trinajstić information content (AvgIpc) is 3.25. The quantitative estimate of drug-likeness (QED) is 0.773. The topological polar surface area (TPSA) is 87.2 Å². The summed E-state index contributed by atoms with van der Waals surface area (Å²) in [6.45, 7) is 2.47. The fraction of sp³-hybridized carbons (Fsp3) is 0.412. The van der Waals surface area contributed by atoms with Gasteiger partial charge in [0.25, 0.3) is 5.91 Å². The highest BCUT2D eigenvalue weighted by molar-refractivity contribution is 6.30. The van der Waals surface area contributed by atoms with Gasteiger partial charge in [0.05, 0.1) is 11.8 Å². The number of hydrogen-bond donors (Lipinski definition) is 3. The second-order valence-electron chi connectivity index (χ2n) is 5.89. The lowest BCUT2D eigenvalue weighted by Crippen LogP contribution is -2.39. The van der Waals surface area contributed by atoms with Gasteiger partial charge < -0.3 is 15.2 Å². The van der Waals surface area contributed by atoms with Gasteiger partial charge >= 0.3 is 0 Å². The Morgan fingerprint density at radius 2 is 2.38 bits per heavy atom. The second kappa shape index (κ2) is 6.93. The van der Waals surface area contributed by atoms with E-state index in [1.54, 1.807) is 37.3 Å². The minimum absolute atomic E-state index is 0.0128. The van der Waals surface area contributed by atoms with Gasteiger partial charge in [-0.3, -0.25) is 9.89 Å². The van der Waals surface area contributed by atoms with Gasteiger partial charge in [0, 0.05) is 17.7 Å². The summed E-state index contributed by atoms with van der Waals surface area (Å²) in [4.78, 5) is 12.6. The number of nitrogens with zero attached hydrogens (tertiary/aromatic N) is 1. The Morgan fingerprint density at radius 3 is 3.04 bits per heavy atom. The number of benzene rings is 1. The molecule has 0 bridgehead atoms. The van der Waals surface area contributed by atoms with E-state index in [4.69, 9.17) is 16.3 Å². The number of amides is 1. The van der Waals surface area contributed by atoms with Crippen molar-refractivity contribution < 1.29 is 14.6 Å². The van der Waals surface area contributed by atoms with Gasteiger partial charge in [0.1, 0.15) is 0 Å². The van der Waals surface area contributed by atoms with Gasteiger partial charge in [-0.1, -0.05) is 30.7 Å². The Morgan fingerprint density at radius 1 is 1.54 bits per heavy atom. The Hall–Kier alpha value is -1.89. The number of nitrogens with one attached hydrogen (secondary N) is 2. The van der Waals surface area contributed by atoms with Crippen LogP contribution in [0, 0.1) is 0 Å². The highest BCUT2D eigenvalue weighted by atomic mass is 35.5. The summed E-state index contributed by atoms with van der Waals surface area (Å²) in [7, 11) is 0. The van der Waals surface area contributed by atoms with E-state index >= 15 is 0 Å². The van der Waals surface area contributed by atoms with E-state index in [1.165, 1.54) is 0 Å². The van der Waals surface area contributed by atoms with Crippen LogP contribution in [-0.4, -0.2) is 27.8 Å². The molecule has 0 radical (unpaired) electrons. The fourth-order valence-electron chi connectivity index (χ4n) is 2.85. The monoisotopic (exact) mass is 349 g/mol. The first kappa shape index (κ1) is 17.0. The van der Waals surface area contributed by atoms with Crippen LogP contribution in [0.2, 0.25) is 5.02 Å². The van der Waals surface area contributed by atoms with E-state index in [2.05, 4.69) is 15.5 Å². The molecule has 1 aromatic heterocycles. The van der Waals surface area contributed by atoms with Crippen molar-refractivity contribution in [2.45, 2.75) is 37.9 Å². The molecule has 3 rings (SSSR count). The van der Waals surface area contributed by atoms with E-state index in [0.717, 1.165) is 25.1 Å². The molecular formula is C17H20ClN3O3. The molecule has 1 saturated heterocycles. The number of aliphatic hydroxyl groups is 1. The molecule has 0 saturated carbocycles. The van der Waals surface area contributed by atoms with Gasteiger partial charge in [0.15, 0.2) is 11.4 Å². The van der Waals surface area contributed by atoms with Crippen LogP contribution < -0.4 is 5.32 Å². The predicted molar refractivity (Wildman–Crippen MR) is 90.8 cm³/mol. The Bertz CT molecular complexity index is 727. The van der Waals surface area contributed by atoms with Crippen molar-refractivity contribution in [2.24, 2.45) is 0 Å². The van der Waals surface area contributed by atoms with Crippen LogP contribution >= 0.6 is 11.6 Å². The lowest BCUT2D eigenvalue weighted by atomic mass is 9.90. The number of ether oxygens (including phenoxy) is 1. The molecule has 1 amide bonds. The van der Waals surface area contributed by atoms with E-state index in [-0.39, 0.29) is 12.5 Å². The van der Waals surface area contributed by atoms with Crippen LogP contribution in [0.4, 0.5) is 5.82 Å². The fourth-order valence-corrected chi connectivity index (χ4v) is 3.04. The number of anilines is 1. The number of rotatable bonds is 5. The highest BCUT2D eigenvalue weighted by Crippen LogP contribution is 2.30. The predicted octanol–water partition coefficient (Wildman–Crippen LogP) is 3.15. The Kier molecular flexibility index (Phi) is 4.89. The molecule has 1 aromatic carbocycles. The standard InChI is InChI=1S/C17H20ClN3O3/c1-2-17(23,11-5-3-6-12(18)9-11)16(22)19-15-10-13(20-21-15)14-7-4-8-24-14/h3,5-6,9-10,14,23H,2,4,7-8H2,1H3,(H2,19,20,21,22)/t14-,17-/m0/s1. The van der Waals surface area contributed by atoms with E-state index in [9.17, 15) is 9.90 Å². The number of aromatic amines is 1. The molecule has 2 heterocycles. The van der Waals surface area contributed by atoms with Crippen molar-refractivity contribution in [3.8, 4) is 0 Å². The van der Waals surface area contributed by atoms with Gasteiger partial charge in [-0.15, -0.1) is 0 Å². The van der Waals surface area contributed by atoms with Gasteiger partial charge in [0.2, 0.25) is 0 Å². The smallest absolute Gasteiger partial charge is 0.262 e. The van der Waals surface area contributed by atoms with Crippen LogP contribution in [-0.2, 0) is 15.1 Å². The normalized spacial score (nSPS) is 19.9. The highest BCUT2D eigenvalue weighted by Gasteiger charge is 2.36. The SMILES string of the molecule is CC[C@@](O)(C(=O)Nc1cc([C@@H]2CCCO2)[nH]n1)c1cccc(Cl)c1. The van der Waals surface area contributed by atoms with Crippen molar-refractivity contribution in [3.63, 3.8) is 0 Å². The average molecular weight is 350 g/mol. The molecule has 2 aromatic rings. The first-order valence-electron chi connectivity index (χ1n) is 7.99. The van der Waals surface area contributed by atoms with Crippen molar-refractivity contribution in [1.82, 2.24) is 10.2 Å². The molecule has 6 nitrogen and oxygen atoms in total. The minimum Gasteiger partial charge on any atom is -0.375 e. The number of H-pyrrole nitrogens is 1. The van der Waals surface area contributed by atoms with Crippen LogP contribution in [0.5, 0.6) is 0 Å². The van der Waals surface area contributed by atoms with Crippen molar-refractivity contribution >= 4 is 23.3 Å². The van der Waals surface area contributed by atoms with Crippen molar-refractivity contribution in [2.75, 3.05) is 11.9 Å². The van der Waals surface area contributed by atoms with Crippen molar-refractivity contribution in [3.05, 3.63) is 46.6 Å². The lowest BCUT2D eigenvalue weighted by molar-refractivity contribution is -0.135.